The molecule has 7 nitrogen and oxygen atoms in total. The summed E-state index contributed by atoms with van der Waals surface area (Å²) in [5, 5.41) is 3.52. The van der Waals surface area contributed by atoms with Crippen LogP contribution < -0.4 is 10.0 Å². The molecule has 2 saturated heterocycles. The molecular weight excluding hydrogens is 529 g/mol. The second-order valence-electron chi connectivity index (χ2n) is 11.3. The van der Waals surface area contributed by atoms with E-state index in [1.165, 1.54) is 12.1 Å². The first-order valence-corrected chi connectivity index (χ1v) is 15.6. The highest BCUT2D eigenvalue weighted by molar-refractivity contribution is 7.89. The van der Waals surface area contributed by atoms with Gasteiger partial charge in [0.15, 0.2) is 0 Å². The third kappa shape index (κ3) is 7.05. The Hall–Kier alpha value is -1.92. The topological polar surface area (TPSA) is 73.9 Å². The summed E-state index contributed by atoms with van der Waals surface area (Å²) in [5.41, 5.74) is 0.455. The standard InChI is InChI=1S/C28H39F3N4O3S/c1-34-13-15-35(16-14-34)12-5-17-39(36,37)32-19-22-9-10-23-26(20-6-3-2-4-7-20)33-25-11-8-21(28(29,30)31)18-24(25)27(23)38-22/h2-4,6,8,11,18,20,22-23,26-27,32-33H,5,7,9-10,12-17,19H2,1H3/t20?,22-,23+,26+,27+/m1/s1. The Morgan fingerprint density at radius 3 is 2.64 bits per heavy atom. The number of halogens is 3. The zero-order valence-corrected chi connectivity index (χ0v) is 23.2. The van der Waals surface area contributed by atoms with Gasteiger partial charge in [-0.2, -0.15) is 13.2 Å². The van der Waals surface area contributed by atoms with Gasteiger partial charge in [-0.15, -0.1) is 0 Å². The molecule has 1 aromatic rings. The fourth-order valence-corrected chi connectivity index (χ4v) is 7.35. The fraction of sp³-hybridized carbons (Fsp3) is 0.643. The zero-order valence-electron chi connectivity index (χ0n) is 22.4. The first kappa shape index (κ1) is 28.6. The molecule has 3 heterocycles. The molecule has 0 radical (unpaired) electrons. The molecule has 0 spiro atoms. The molecule has 0 amide bonds. The monoisotopic (exact) mass is 568 g/mol. The van der Waals surface area contributed by atoms with Crippen molar-refractivity contribution in [2.45, 2.75) is 50.1 Å². The molecule has 11 heteroatoms. The molecule has 2 fully saturated rings. The van der Waals surface area contributed by atoms with Gasteiger partial charge in [0.05, 0.1) is 23.5 Å². The number of benzene rings is 1. The summed E-state index contributed by atoms with van der Waals surface area (Å²) in [6.07, 6.45) is 5.67. The van der Waals surface area contributed by atoms with Gasteiger partial charge in [0.2, 0.25) is 10.0 Å². The fourth-order valence-electron chi connectivity index (χ4n) is 6.25. The van der Waals surface area contributed by atoms with Gasteiger partial charge in [-0.3, -0.25) is 0 Å². The van der Waals surface area contributed by atoms with Crippen LogP contribution in [0.4, 0.5) is 18.9 Å². The highest BCUT2D eigenvalue weighted by atomic mass is 32.2. The molecule has 1 aliphatic carbocycles. The summed E-state index contributed by atoms with van der Waals surface area (Å²) < 4.78 is 75.2. The smallest absolute Gasteiger partial charge is 0.381 e. The largest absolute Gasteiger partial charge is 0.416 e. The highest BCUT2D eigenvalue weighted by Crippen LogP contribution is 2.49. The molecule has 1 unspecified atom stereocenters. The minimum atomic E-state index is -4.45. The Balaban J connectivity index is 1.23. The molecule has 0 bridgehead atoms. The minimum Gasteiger partial charge on any atom is -0.381 e. The lowest BCUT2D eigenvalue weighted by Gasteiger charge is -2.47. The molecule has 39 heavy (non-hydrogen) atoms. The lowest BCUT2D eigenvalue weighted by molar-refractivity contribution is -0.138. The van der Waals surface area contributed by atoms with E-state index in [1.54, 1.807) is 0 Å². The summed E-state index contributed by atoms with van der Waals surface area (Å²) in [6, 6.07) is 3.82. The predicted molar refractivity (Wildman–Crippen MR) is 146 cm³/mol. The number of sulfonamides is 1. The number of alkyl halides is 3. The normalized spacial score (nSPS) is 30.0. The van der Waals surface area contributed by atoms with E-state index in [2.05, 4.69) is 39.0 Å². The van der Waals surface area contributed by atoms with Gasteiger partial charge >= 0.3 is 6.18 Å². The van der Waals surface area contributed by atoms with Crippen molar-refractivity contribution in [3.05, 3.63) is 53.6 Å². The van der Waals surface area contributed by atoms with Crippen molar-refractivity contribution < 1.29 is 26.3 Å². The van der Waals surface area contributed by atoms with E-state index >= 15 is 0 Å². The number of piperazine rings is 1. The summed E-state index contributed by atoms with van der Waals surface area (Å²) in [6.45, 7) is 4.74. The molecule has 5 atom stereocenters. The Morgan fingerprint density at radius 1 is 1.13 bits per heavy atom. The second kappa shape index (κ2) is 11.9. The van der Waals surface area contributed by atoms with Gasteiger partial charge in [0, 0.05) is 61.9 Å². The van der Waals surface area contributed by atoms with E-state index in [1.807, 2.05) is 12.2 Å². The van der Waals surface area contributed by atoms with Crippen LogP contribution in [0.1, 0.15) is 42.9 Å². The maximum atomic E-state index is 13.6. The first-order chi connectivity index (χ1) is 18.6. The Bertz CT molecular complexity index is 1170. The van der Waals surface area contributed by atoms with E-state index in [4.69, 9.17) is 4.74 Å². The summed E-state index contributed by atoms with van der Waals surface area (Å²) in [4.78, 5) is 4.55. The summed E-state index contributed by atoms with van der Waals surface area (Å²) in [7, 11) is -1.39. The number of hydrogen-bond donors (Lipinski definition) is 2. The van der Waals surface area contributed by atoms with Crippen LogP contribution in [0.25, 0.3) is 0 Å². The molecule has 216 valence electrons. The molecule has 0 saturated carbocycles. The van der Waals surface area contributed by atoms with E-state index in [9.17, 15) is 21.6 Å². The van der Waals surface area contributed by atoms with Crippen molar-refractivity contribution in [1.29, 1.82) is 0 Å². The first-order valence-electron chi connectivity index (χ1n) is 13.9. The molecule has 5 rings (SSSR count). The van der Waals surface area contributed by atoms with Gasteiger partial charge in [0.25, 0.3) is 0 Å². The zero-order chi connectivity index (χ0) is 27.6. The number of hydrogen-bond acceptors (Lipinski definition) is 6. The third-order valence-electron chi connectivity index (χ3n) is 8.51. The molecule has 1 aromatic carbocycles. The van der Waals surface area contributed by atoms with E-state index in [-0.39, 0.29) is 30.2 Å². The third-order valence-corrected chi connectivity index (χ3v) is 9.94. The van der Waals surface area contributed by atoms with Gasteiger partial charge in [-0.05, 0) is 57.5 Å². The van der Waals surface area contributed by atoms with Crippen LogP contribution in [0.15, 0.2) is 42.5 Å². The van der Waals surface area contributed by atoms with Crippen LogP contribution in [0.2, 0.25) is 0 Å². The number of fused-ring (bicyclic) bond motifs is 3. The maximum Gasteiger partial charge on any atom is 0.416 e. The van der Waals surface area contributed by atoms with Crippen molar-refractivity contribution in [1.82, 2.24) is 14.5 Å². The van der Waals surface area contributed by atoms with Crippen LogP contribution in [0.3, 0.4) is 0 Å². The van der Waals surface area contributed by atoms with E-state index < -0.39 is 34.0 Å². The van der Waals surface area contributed by atoms with Crippen LogP contribution >= 0.6 is 0 Å². The number of nitrogens with one attached hydrogen (secondary N) is 2. The van der Waals surface area contributed by atoms with Crippen LogP contribution in [0.5, 0.6) is 0 Å². The van der Waals surface area contributed by atoms with Gasteiger partial charge in [-0.1, -0.05) is 24.3 Å². The van der Waals surface area contributed by atoms with E-state index in [0.717, 1.165) is 51.6 Å². The number of nitrogens with zero attached hydrogens (tertiary/aromatic N) is 2. The minimum absolute atomic E-state index is 0.0152. The van der Waals surface area contributed by atoms with Gasteiger partial charge < -0.3 is 19.9 Å². The van der Waals surface area contributed by atoms with Crippen molar-refractivity contribution in [3.63, 3.8) is 0 Å². The van der Waals surface area contributed by atoms with Crippen LogP contribution in [-0.2, 0) is 20.9 Å². The van der Waals surface area contributed by atoms with Crippen molar-refractivity contribution in [2.24, 2.45) is 11.8 Å². The number of allylic oxidation sites excluding steroid dienone is 3. The number of anilines is 1. The Morgan fingerprint density at radius 2 is 1.92 bits per heavy atom. The van der Waals surface area contributed by atoms with Gasteiger partial charge in [0.1, 0.15) is 0 Å². The summed E-state index contributed by atoms with van der Waals surface area (Å²) in [5.74, 6) is 0.235. The Kier molecular flexibility index (Phi) is 8.73. The second-order valence-corrected chi connectivity index (χ2v) is 13.2. The molecule has 2 N–H and O–H groups in total. The maximum absolute atomic E-state index is 13.6. The quantitative estimate of drug-likeness (QED) is 0.494. The number of likely N-dealkylation sites (N-methyl/N-ethyl adjacent to an activating group) is 1. The number of rotatable bonds is 8. The van der Waals surface area contributed by atoms with Crippen molar-refractivity contribution in [2.75, 3.05) is 57.4 Å². The predicted octanol–water partition coefficient (Wildman–Crippen LogP) is 4.03. The number of ether oxygens (including phenoxy) is 1. The van der Waals surface area contributed by atoms with Crippen LogP contribution in [-0.4, -0.2) is 82.4 Å². The van der Waals surface area contributed by atoms with Crippen LogP contribution in [0, 0.1) is 11.8 Å². The van der Waals surface area contributed by atoms with E-state index in [0.29, 0.717) is 24.1 Å². The average Bonchev–Trinajstić information content (AvgIpc) is 2.92. The van der Waals surface area contributed by atoms with Crippen molar-refractivity contribution in [3.8, 4) is 0 Å². The molecule has 0 aromatic heterocycles. The lowest BCUT2D eigenvalue weighted by Crippen LogP contribution is -2.48. The average molecular weight is 569 g/mol. The summed E-state index contributed by atoms with van der Waals surface area (Å²) >= 11 is 0. The van der Waals surface area contributed by atoms with Gasteiger partial charge in [-0.25, -0.2) is 13.1 Å². The highest BCUT2D eigenvalue weighted by Gasteiger charge is 2.45. The molecule has 4 aliphatic rings. The molecular formula is C28H39F3N4O3S. The lowest BCUT2D eigenvalue weighted by atomic mass is 9.73. The Labute approximate surface area is 229 Å². The van der Waals surface area contributed by atoms with Crippen molar-refractivity contribution >= 4 is 15.7 Å². The molecule has 3 aliphatic heterocycles. The SMILES string of the molecule is CN1CCN(CCCS(=O)(=O)NC[C@H]2CC[C@@H]3[C@H](O2)c2cc(C(F)(F)F)ccc2N[C@H]3C2C=CC=CC2)CC1.